The fourth-order valence-corrected chi connectivity index (χ4v) is 2.14. The van der Waals surface area contributed by atoms with Crippen LogP contribution in [0.1, 0.15) is 28.4 Å². The van der Waals surface area contributed by atoms with Gasteiger partial charge in [-0.15, -0.1) is 0 Å². The Balaban J connectivity index is 2.18. The molecule has 0 bridgehead atoms. The van der Waals surface area contributed by atoms with E-state index in [0.29, 0.717) is 5.56 Å². The maximum atomic E-state index is 12.4. The van der Waals surface area contributed by atoms with Gasteiger partial charge in [0, 0.05) is 26.1 Å². The predicted molar refractivity (Wildman–Crippen MR) is 86.8 cm³/mol. The number of carbonyl (C=O) groups excluding carboxylic acids is 2. The fourth-order valence-electron chi connectivity index (χ4n) is 2.14. The number of urea groups is 1. The van der Waals surface area contributed by atoms with Crippen LogP contribution in [-0.2, 0) is 0 Å². The van der Waals surface area contributed by atoms with Crippen molar-refractivity contribution in [1.29, 1.82) is 0 Å². The second kappa shape index (κ2) is 7.41. The van der Waals surface area contributed by atoms with Gasteiger partial charge in [0.05, 0.1) is 6.04 Å². The Morgan fingerprint density at radius 2 is 1.50 bits per heavy atom. The van der Waals surface area contributed by atoms with Crippen LogP contribution < -0.4 is 5.32 Å². The molecule has 2 rings (SSSR count). The second-order valence-corrected chi connectivity index (χ2v) is 5.30. The summed E-state index contributed by atoms with van der Waals surface area (Å²) in [5, 5.41) is 2.90. The molecule has 114 valence electrons. The first-order chi connectivity index (χ1) is 10.6. The molecule has 2 aromatic rings. The fraction of sp³-hybridized carbons (Fsp3) is 0.222. The molecule has 0 aliphatic rings. The van der Waals surface area contributed by atoms with Gasteiger partial charge in [0.25, 0.3) is 0 Å². The Hall–Kier alpha value is -2.62. The lowest BCUT2D eigenvalue weighted by molar-refractivity contribution is 0.0969. The van der Waals surface area contributed by atoms with Crippen molar-refractivity contribution in [3.63, 3.8) is 0 Å². The molecule has 0 radical (unpaired) electrons. The summed E-state index contributed by atoms with van der Waals surface area (Å²) in [4.78, 5) is 25.8. The Bertz CT molecular complexity index is 624. The summed E-state index contributed by atoms with van der Waals surface area (Å²) in [6.07, 6.45) is 0.230. The van der Waals surface area contributed by atoms with E-state index in [9.17, 15) is 9.59 Å². The van der Waals surface area contributed by atoms with E-state index in [4.69, 9.17) is 0 Å². The summed E-state index contributed by atoms with van der Waals surface area (Å²) in [6, 6.07) is 18.1. The molecule has 0 aromatic heterocycles. The SMILES string of the molecule is CN(C)C(=O)NC(CC(=O)c1ccccc1)c1ccccc1. The molecule has 0 saturated heterocycles. The highest BCUT2D eigenvalue weighted by Crippen LogP contribution is 2.19. The van der Waals surface area contributed by atoms with Crippen molar-refractivity contribution in [2.45, 2.75) is 12.5 Å². The zero-order valence-corrected chi connectivity index (χ0v) is 12.8. The number of amides is 2. The van der Waals surface area contributed by atoms with E-state index in [1.54, 1.807) is 26.2 Å². The Kier molecular flexibility index (Phi) is 5.31. The van der Waals surface area contributed by atoms with Crippen molar-refractivity contribution < 1.29 is 9.59 Å². The zero-order valence-electron chi connectivity index (χ0n) is 12.8. The van der Waals surface area contributed by atoms with Gasteiger partial charge in [-0.05, 0) is 5.56 Å². The number of ketones is 1. The van der Waals surface area contributed by atoms with Crippen LogP contribution in [0.15, 0.2) is 60.7 Å². The zero-order chi connectivity index (χ0) is 15.9. The smallest absolute Gasteiger partial charge is 0.317 e. The number of nitrogens with one attached hydrogen (secondary N) is 1. The van der Waals surface area contributed by atoms with E-state index < -0.39 is 0 Å². The maximum absolute atomic E-state index is 12.4. The molecule has 2 aromatic carbocycles. The molecule has 0 saturated carbocycles. The van der Waals surface area contributed by atoms with Gasteiger partial charge < -0.3 is 10.2 Å². The average Bonchev–Trinajstić information content (AvgIpc) is 2.55. The van der Waals surface area contributed by atoms with Crippen LogP contribution in [0.25, 0.3) is 0 Å². The first-order valence-corrected chi connectivity index (χ1v) is 7.19. The quantitative estimate of drug-likeness (QED) is 0.861. The number of nitrogens with zero attached hydrogens (tertiary/aromatic N) is 1. The maximum Gasteiger partial charge on any atom is 0.317 e. The van der Waals surface area contributed by atoms with Gasteiger partial charge in [-0.3, -0.25) is 4.79 Å². The van der Waals surface area contributed by atoms with Gasteiger partial charge in [0.15, 0.2) is 5.78 Å². The number of hydrogen-bond donors (Lipinski definition) is 1. The molecule has 4 heteroatoms. The molecule has 22 heavy (non-hydrogen) atoms. The van der Waals surface area contributed by atoms with E-state index in [1.165, 1.54) is 4.90 Å². The minimum Gasteiger partial charge on any atom is -0.331 e. The van der Waals surface area contributed by atoms with Crippen molar-refractivity contribution in [2.75, 3.05) is 14.1 Å². The first kappa shape index (κ1) is 15.8. The summed E-state index contributed by atoms with van der Waals surface area (Å²) in [7, 11) is 3.35. The molecule has 0 aliphatic heterocycles. The molecular formula is C18H20N2O2. The van der Waals surface area contributed by atoms with Gasteiger partial charge in [-0.2, -0.15) is 0 Å². The Morgan fingerprint density at radius 1 is 0.955 bits per heavy atom. The van der Waals surface area contributed by atoms with Crippen LogP contribution in [0.2, 0.25) is 0 Å². The molecule has 1 N–H and O–H groups in total. The monoisotopic (exact) mass is 296 g/mol. The molecule has 1 unspecified atom stereocenters. The summed E-state index contributed by atoms with van der Waals surface area (Å²) >= 11 is 0. The van der Waals surface area contributed by atoms with E-state index in [-0.39, 0.29) is 24.3 Å². The highest BCUT2D eigenvalue weighted by Gasteiger charge is 2.19. The molecule has 0 fully saturated rings. The summed E-state index contributed by atoms with van der Waals surface area (Å²) in [6.45, 7) is 0. The second-order valence-electron chi connectivity index (χ2n) is 5.30. The van der Waals surface area contributed by atoms with Gasteiger partial charge in [0.2, 0.25) is 0 Å². The van der Waals surface area contributed by atoms with Crippen LogP contribution >= 0.6 is 0 Å². The van der Waals surface area contributed by atoms with Crippen molar-refractivity contribution >= 4 is 11.8 Å². The van der Waals surface area contributed by atoms with E-state index >= 15 is 0 Å². The van der Waals surface area contributed by atoms with E-state index in [0.717, 1.165) is 5.56 Å². The minimum atomic E-state index is -0.344. The van der Waals surface area contributed by atoms with Crippen molar-refractivity contribution in [2.24, 2.45) is 0 Å². The number of hydrogen-bond acceptors (Lipinski definition) is 2. The lowest BCUT2D eigenvalue weighted by atomic mass is 9.98. The van der Waals surface area contributed by atoms with E-state index in [1.807, 2.05) is 48.5 Å². The van der Waals surface area contributed by atoms with Crippen LogP contribution in [0.3, 0.4) is 0 Å². The largest absolute Gasteiger partial charge is 0.331 e. The highest BCUT2D eigenvalue weighted by molar-refractivity contribution is 5.96. The molecule has 0 spiro atoms. The molecule has 2 amide bonds. The van der Waals surface area contributed by atoms with Crippen molar-refractivity contribution in [1.82, 2.24) is 10.2 Å². The van der Waals surface area contributed by atoms with Crippen molar-refractivity contribution in [3.05, 3.63) is 71.8 Å². The third-order valence-electron chi connectivity index (χ3n) is 3.39. The minimum absolute atomic E-state index is 0.00788. The number of rotatable bonds is 5. The highest BCUT2D eigenvalue weighted by atomic mass is 16.2. The third-order valence-corrected chi connectivity index (χ3v) is 3.39. The van der Waals surface area contributed by atoms with Gasteiger partial charge in [-0.1, -0.05) is 60.7 Å². The van der Waals surface area contributed by atoms with Gasteiger partial charge >= 0.3 is 6.03 Å². The van der Waals surface area contributed by atoms with Crippen LogP contribution in [0.5, 0.6) is 0 Å². The first-order valence-electron chi connectivity index (χ1n) is 7.19. The topological polar surface area (TPSA) is 49.4 Å². The van der Waals surface area contributed by atoms with E-state index in [2.05, 4.69) is 5.32 Å². The summed E-state index contributed by atoms with van der Waals surface area (Å²) in [5.41, 5.74) is 1.57. The lowest BCUT2D eigenvalue weighted by Gasteiger charge is -2.21. The molecule has 0 aliphatic carbocycles. The van der Waals surface area contributed by atoms with Crippen LogP contribution in [0, 0.1) is 0 Å². The number of carbonyl (C=O) groups is 2. The molecule has 4 nitrogen and oxygen atoms in total. The summed E-state index contributed by atoms with van der Waals surface area (Å²) in [5.74, 6) is 0.00788. The lowest BCUT2D eigenvalue weighted by Crippen LogP contribution is -2.37. The Labute approximate surface area is 130 Å². The van der Waals surface area contributed by atoms with Gasteiger partial charge in [0.1, 0.15) is 0 Å². The number of Topliss-reactive ketones (excluding diaryl/α,β-unsaturated/α-hetero) is 1. The standard InChI is InChI=1S/C18H20N2O2/c1-20(2)18(22)19-16(14-9-5-3-6-10-14)13-17(21)15-11-7-4-8-12-15/h3-12,16H,13H2,1-2H3,(H,19,22). The molecule has 1 atom stereocenters. The predicted octanol–water partition coefficient (Wildman–Crippen LogP) is 3.27. The van der Waals surface area contributed by atoms with Crippen LogP contribution in [0.4, 0.5) is 4.79 Å². The summed E-state index contributed by atoms with van der Waals surface area (Å²) < 4.78 is 0. The van der Waals surface area contributed by atoms with Crippen molar-refractivity contribution in [3.8, 4) is 0 Å². The molecular weight excluding hydrogens is 276 g/mol. The van der Waals surface area contributed by atoms with Crippen LogP contribution in [-0.4, -0.2) is 30.8 Å². The third kappa shape index (κ3) is 4.19. The average molecular weight is 296 g/mol. The van der Waals surface area contributed by atoms with Gasteiger partial charge in [-0.25, -0.2) is 4.79 Å². The molecule has 0 heterocycles. The Morgan fingerprint density at radius 3 is 2.05 bits per heavy atom. The normalized spacial score (nSPS) is 11.5. The number of benzene rings is 2.